The molecule has 15 heavy (non-hydrogen) atoms. The standard InChI is InChI=1S/C10H9N3S2/c11-10(14)13-8-3-1-7(2-4-8)9-12-5-6-15-9/h1-6H,(H3,11,13,14). The summed E-state index contributed by atoms with van der Waals surface area (Å²) >= 11 is 6.36. The van der Waals surface area contributed by atoms with Gasteiger partial charge in [-0.05, 0) is 36.5 Å². The first-order valence-corrected chi connectivity index (χ1v) is 5.61. The minimum Gasteiger partial charge on any atom is -0.376 e. The van der Waals surface area contributed by atoms with Crippen molar-refractivity contribution in [3.8, 4) is 10.6 Å². The summed E-state index contributed by atoms with van der Waals surface area (Å²) in [4.78, 5) is 4.22. The van der Waals surface area contributed by atoms with Gasteiger partial charge in [0.1, 0.15) is 5.01 Å². The maximum Gasteiger partial charge on any atom is 0.168 e. The van der Waals surface area contributed by atoms with Crippen molar-refractivity contribution >= 4 is 34.4 Å². The predicted molar refractivity (Wildman–Crippen MR) is 68.0 cm³/mol. The van der Waals surface area contributed by atoms with Crippen molar-refractivity contribution < 1.29 is 0 Å². The molecule has 3 N–H and O–H groups in total. The summed E-state index contributed by atoms with van der Waals surface area (Å²) in [7, 11) is 0. The molecule has 1 aromatic carbocycles. The van der Waals surface area contributed by atoms with Gasteiger partial charge in [0.05, 0.1) is 0 Å². The molecule has 76 valence electrons. The van der Waals surface area contributed by atoms with Gasteiger partial charge in [0.2, 0.25) is 0 Å². The SMILES string of the molecule is NC(=S)Nc1ccc(-c2nccs2)cc1. The molecule has 0 fully saturated rings. The Morgan fingerprint density at radius 2 is 2.07 bits per heavy atom. The summed E-state index contributed by atoms with van der Waals surface area (Å²) in [6.45, 7) is 0. The molecule has 0 bridgehead atoms. The molecular formula is C10H9N3S2. The highest BCUT2D eigenvalue weighted by Crippen LogP contribution is 2.22. The van der Waals surface area contributed by atoms with Gasteiger partial charge in [-0.2, -0.15) is 0 Å². The number of nitrogens with two attached hydrogens (primary N) is 1. The first-order valence-electron chi connectivity index (χ1n) is 4.32. The van der Waals surface area contributed by atoms with Crippen LogP contribution in [0.15, 0.2) is 35.8 Å². The molecule has 0 spiro atoms. The van der Waals surface area contributed by atoms with Gasteiger partial charge in [0.25, 0.3) is 0 Å². The molecule has 1 aromatic heterocycles. The fraction of sp³-hybridized carbons (Fsp3) is 0. The topological polar surface area (TPSA) is 50.9 Å². The van der Waals surface area contributed by atoms with Gasteiger partial charge >= 0.3 is 0 Å². The van der Waals surface area contributed by atoms with E-state index in [0.717, 1.165) is 16.3 Å². The maximum atomic E-state index is 5.37. The van der Waals surface area contributed by atoms with Crippen molar-refractivity contribution in [1.29, 1.82) is 0 Å². The number of hydrogen-bond acceptors (Lipinski definition) is 3. The number of rotatable bonds is 2. The molecule has 0 saturated heterocycles. The molecule has 5 heteroatoms. The molecule has 0 aliphatic carbocycles. The predicted octanol–water partition coefficient (Wildman–Crippen LogP) is 2.47. The molecule has 3 nitrogen and oxygen atoms in total. The Kier molecular flexibility index (Phi) is 2.94. The van der Waals surface area contributed by atoms with Crippen LogP contribution in [0.5, 0.6) is 0 Å². The van der Waals surface area contributed by atoms with E-state index in [1.165, 1.54) is 0 Å². The Bertz CT molecular complexity index is 448. The second-order valence-corrected chi connectivity index (χ2v) is 4.24. The third-order valence-corrected chi connectivity index (χ3v) is 2.76. The summed E-state index contributed by atoms with van der Waals surface area (Å²) in [6.07, 6.45) is 1.79. The van der Waals surface area contributed by atoms with Crippen LogP contribution >= 0.6 is 23.6 Å². The van der Waals surface area contributed by atoms with Crippen LogP contribution in [-0.2, 0) is 0 Å². The Morgan fingerprint density at radius 3 is 2.60 bits per heavy atom. The molecule has 2 rings (SSSR count). The molecule has 0 atom stereocenters. The summed E-state index contributed by atoms with van der Waals surface area (Å²) < 4.78 is 0. The van der Waals surface area contributed by atoms with Crippen LogP contribution < -0.4 is 11.1 Å². The highest BCUT2D eigenvalue weighted by Gasteiger charge is 1.99. The maximum absolute atomic E-state index is 5.37. The third-order valence-electron chi connectivity index (χ3n) is 1.83. The number of nitrogens with one attached hydrogen (secondary N) is 1. The van der Waals surface area contributed by atoms with Gasteiger partial charge in [-0.15, -0.1) is 11.3 Å². The van der Waals surface area contributed by atoms with Crippen LogP contribution in [0, 0.1) is 0 Å². The van der Waals surface area contributed by atoms with Crippen molar-refractivity contribution in [2.24, 2.45) is 5.73 Å². The quantitative estimate of drug-likeness (QED) is 0.785. The molecule has 0 saturated carbocycles. The summed E-state index contributed by atoms with van der Waals surface area (Å²) in [6, 6.07) is 7.82. The number of nitrogens with zero attached hydrogens (tertiary/aromatic N) is 1. The summed E-state index contributed by atoms with van der Waals surface area (Å²) in [5.41, 5.74) is 7.35. The van der Waals surface area contributed by atoms with E-state index in [2.05, 4.69) is 10.3 Å². The minimum absolute atomic E-state index is 0.275. The van der Waals surface area contributed by atoms with E-state index in [1.54, 1.807) is 17.5 Å². The van der Waals surface area contributed by atoms with Gasteiger partial charge in [-0.25, -0.2) is 4.98 Å². The van der Waals surface area contributed by atoms with Crippen LogP contribution in [-0.4, -0.2) is 10.1 Å². The van der Waals surface area contributed by atoms with Crippen LogP contribution in [0.25, 0.3) is 10.6 Å². The lowest BCUT2D eigenvalue weighted by Gasteiger charge is -2.03. The minimum atomic E-state index is 0.275. The number of benzene rings is 1. The van der Waals surface area contributed by atoms with Gasteiger partial charge in [0.15, 0.2) is 5.11 Å². The zero-order valence-electron chi connectivity index (χ0n) is 7.81. The molecule has 2 aromatic rings. The molecule has 0 radical (unpaired) electrons. The number of thiocarbonyl (C=S) groups is 1. The zero-order chi connectivity index (χ0) is 10.7. The average Bonchev–Trinajstić information content (AvgIpc) is 2.71. The van der Waals surface area contributed by atoms with Gasteiger partial charge in [0, 0.05) is 22.8 Å². The zero-order valence-corrected chi connectivity index (χ0v) is 9.44. The highest BCUT2D eigenvalue weighted by atomic mass is 32.1. The number of aromatic nitrogens is 1. The Balaban J connectivity index is 2.21. The van der Waals surface area contributed by atoms with Gasteiger partial charge < -0.3 is 11.1 Å². The Labute approximate surface area is 97.0 Å². The second kappa shape index (κ2) is 4.37. The van der Waals surface area contributed by atoms with Crippen LogP contribution in [0.3, 0.4) is 0 Å². The Hall–Kier alpha value is -1.46. The van der Waals surface area contributed by atoms with Crippen molar-refractivity contribution in [2.45, 2.75) is 0 Å². The number of hydrogen-bond donors (Lipinski definition) is 2. The summed E-state index contributed by atoms with van der Waals surface area (Å²) in [5.74, 6) is 0. The smallest absolute Gasteiger partial charge is 0.168 e. The number of thiazole rings is 1. The number of anilines is 1. The molecule has 0 unspecified atom stereocenters. The Morgan fingerprint density at radius 1 is 1.33 bits per heavy atom. The first kappa shape index (κ1) is 10.1. The van der Waals surface area contributed by atoms with Crippen LogP contribution in [0.1, 0.15) is 0 Å². The summed E-state index contributed by atoms with van der Waals surface area (Å²) in [5, 5.41) is 6.11. The molecule has 0 aliphatic heterocycles. The van der Waals surface area contributed by atoms with E-state index in [-0.39, 0.29) is 5.11 Å². The van der Waals surface area contributed by atoms with Crippen LogP contribution in [0.2, 0.25) is 0 Å². The lowest BCUT2D eigenvalue weighted by Crippen LogP contribution is -2.18. The molecular weight excluding hydrogens is 226 g/mol. The van der Waals surface area contributed by atoms with E-state index in [0.29, 0.717) is 0 Å². The van der Waals surface area contributed by atoms with E-state index >= 15 is 0 Å². The van der Waals surface area contributed by atoms with Crippen molar-refractivity contribution in [1.82, 2.24) is 4.98 Å². The second-order valence-electron chi connectivity index (χ2n) is 2.90. The van der Waals surface area contributed by atoms with E-state index in [1.807, 2.05) is 29.6 Å². The van der Waals surface area contributed by atoms with E-state index in [9.17, 15) is 0 Å². The van der Waals surface area contributed by atoms with Crippen molar-refractivity contribution in [3.63, 3.8) is 0 Å². The molecule has 0 amide bonds. The first-order chi connectivity index (χ1) is 7.25. The van der Waals surface area contributed by atoms with Gasteiger partial charge in [-0.1, -0.05) is 0 Å². The van der Waals surface area contributed by atoms with E-state index in [4.69, 9.17) is 18.0 Å². The van der Waals surface area contributed by atoms with Crippen molar-refractivity contribution in [3.05, 3.63) is 35.8 Å². The molecule has 0 aliphatic rings. The third kappa shape index (κ3) is 2.51. The fourth-order valence-corrected chi connectivity index (χ4v) is 1.97. The molecule has 1 heterocycles. The van der Waals surface area contributed by atoms with Crippen molar-refractivity contribution in [2.75, 3.05) is 5.32 Å². The fourth-order valence-electron chi connectivity index (χ4n) is 1.20. The lowest BCUT2D eigenvalue weighted by atomic mass is 10.2. The largest absolute Gasteiger partial charge is 0.376 e. The highest BCUT2D eigenvalue weighted by molar-refractivity contribution is 7.80. The average molecular weight is 235 g/mol. The van der Waals surface area contributed by atoms with E-state index < -0.39 is 0 Å². The lowest BCUT2D eigenvalue weighted by molar-refractivity contribution is 1.41. The van der Waals surface area contributed by atoms with Crippen LogP contribution in [0.4, 0.5) is 5.69 Å². The van der Waals surface area contributed by atoms with Gasteiger partial charge in [-0.3, -0.25) is 0 Å². The normalized spacial score (nSPS) is 9.87. The monoisotopic (exact) mass is 235 g/mol.